The molecule has 3 heterocycles. The summed E-state index contributed by atoms with van der Waals surface area (Å²) in [6.45, 7) is 17.0. The summed E-state index contributed by atoms with van der Waals surface area (Å²) < 4.78 is 12.6. The Hall–Kier alpha value is -2.19. The molecular formula is C32H52N2O6. The number of nitrogens with zero attached hydrogens (tertiary/aromatic N) is 2. The van der Waals surface area contributed by atoms with Crippen molar-refractivity contribution in [3.05, 3.63) is 25.3 Å². The minimum Gasteiger partial charge on any atom is -0.465 e. The molecule has 1 N–H and O–H groups in total. The van der Waals surface area contributed by atoms with Crippen molar-refractivity contribution < 1.29 is 29.0 Å². The van der Waals surface area contributed by atoms with Crippen molar-refractivity contribution >= 4 is 17.8 Å². The van der Waals surface area contributed by atoms with E-state index in [1.165, 1.54) is 0 Å². The predicted molar refractivity (Wildman–Crippen MR) is 155 cm³/mol. The average Bonchev–Trinajstić information content (AvgIpc) is 3.43. The number of carbonyl (C=O) groups is 3. The molecule has 3 fully saturated rings. The summed E-state index contributed by atoms with van der Waals surface area (Å²) >= 11 is 0. The second kappa shape index (κ2) is 14.1. The predicted octanol–water partition coefficient (Wildman–Crippen LogP) is 4.65. The minimum absolute atomic E-state index is 0.0180. The monoisotopic (exact) mass is 560 g/mol. The van der Waals surface area contributed by atoms with Crippen molar-refractivity contribution in [1.82, 2.24) is 9.80 Å². The summed E-state index contributed by atoms with van der Waals surface area (Å²) in [5, 5.41) is 9.17. The van der Waals surface area contributed by atoms with E-state index in [1.807, 2.05) is 24.8 Å². The van der Waals surface area contributed by atoms with Crippen LogP contribution in [-0.2, 0) is 23.9 Å². The van der Waals surface area contributed by atoms with Crippen molar-refractivity contribution in [2.45, 2.75) is 115 Å². The zero-order chi connectivity index (χ0) is 29.5. The minimum atomic E-state index is -1.06. The van der Waals surface area contributed by atoms with Crippen LogP contribution in [0.25, 0.3) is 0 Å². The van der Waals surface area contributed by atoms with E-state index in [4.69, 9.17) is 14.6 Å². The van der Waals surface area contributed by atoms with Gasteiger partial charge in [0.15, 0.2) is 0 Å². The Labute approximate surface area is 241 Å². The number of esters is 1. The van der Waals surface area contributed by atoms with Gasteiger partial charge in [0.05, 0.1) is 18.1 Å². The molecule has 40 heavy (non-hydrogen) atoms. The van der Waals surface area contributed by atoms with Gasteiger partial charge in [-0.05, 0) is 64.7 Å². The molecule has 3 aliphatic rings. The normalized spacial score (nSPS) is 31.2. The fourth-order valence-corrected chi connectivity index (χ4v) is 7.37. The molecule has 3 rings (SSSR count). The summed E-state index contributed by atoms with van der Waals surface area (Å²) in [4.78, 5) is 45.9. The van der Waals surface area contributed by atoms with E-state index < -0.39 is 35.0 Å². The zero-order valence-electron chi connectivity index (χ0n) is 25.2. The highest BCUT2D eigenvalue weighted by Crippen LogP contribution is 2.65. The first-order chi connectivity index (χ1) is 19.1. The molecule has 0 radical (unpaired) electrons. The molecule has 8 nitrogen and oxygen atoms in total. The fraction of sp³-hybridized carbons (Fsp3) is 0.781. The van der Waals surface area contributed by atoms with Gasteiger partial charge in [0.1, 0.15) is 17.6 Å². The maximum Gasteiger partial charge on any atom is 0.312 e. The van der Waals surface area contributed by atoms with Crippen molar-refractivity contribution in [2.24, 2.45) is 17.8 Å². The molecule has 4 unspecified atom stereocenters. The van der Waals surface area contributed by atoms with Crippen LogP contribution in [0.1, 0.15) is 91.9 Å². The lowest BCUT2D eigenvalue weighted by Gasteiger charge is -2.39. The lowest BCUT2D eigenvalue weighted by Crippen LogP contribution is -2.58. The molecule has 3 saturated heterocycles. The third-order valence-electron chi connectivity index (χ3n) is 9.50. The number of hydrogen-bond donors (Lipinski definition) is 1. The molecule has 7 atom stereocenters. The van der Waals surface area contributed by atoms with Gasteiger partial charge < -0.3 is 24.4 Å². The first kappa shape index (κ1) is 32.3. The Bertz CT molecular complexity index is 923. The van der Waals surface area contributed by atoms with E-state index in [9.17, 15) is 14.4 Å². The van der Waals surface area contributed by atoms with E-state index in [-0.39, 0.29) is 30.4 Å². The summed E-state index contributed by atoms with van der Waals surface area (Å²) in [5.74, 6) is -2.21. The second-order valence-corrected chi connectivity index (χ2v) is 12.2. The van der Waals surface area contributed by atoms with E-state index in [0.29, 0.717) is 32.5 Å². The lowest BCUT2D eigenvalue weighted by atomic mass is 9.62. The summed E-state index contributed by atoms with van der Waals surface area (Å²) in [5.41, 5.74) is -1.94. The Morgan fingerprint density at radius 1 is 1.20 bits per heavy atom. The van der Waals surface area contributed by atoms with Crippen molar-refractivity contribution in [2.75, 3.05) is 26.3 Å². The molecule has 226 valence electrons. The molecule has 2 bridgehead atoms. The van der Waals surface area contributed by atoms with Gasteiger partial charge in [-0.15, -0.1) is 13.2 Å². The van der Waals surface area contributed by atoms with Gasteiger partial charge in [0.25, 0.3) is 0 Å². The first-order valence-electron chi connectivity index (χ1n) is 15.4. The molecular weight excluding hydrogens is 508 g/mol. The Kier molecular flexibility index (Phi) is 11.4. The number of allylic oxidation sites excluding steroid dienone is 1. The highest BCUT2D eigenvalue weighted by molar-refractivity contribution is 5.98. The number of hydrogen-bond acceptors (Lipinski definition) is 6. The number of unbranched alkanes of at least 4 members (excludes halogenated alkanes) is 5. The van der Waals surface area contributed by atoms with Gasteiger partial charge in [0, 0.05) is 25.7 Å². The number of amides is 2. The molecule has 0 aliphatic carbocycles. The molecule has 8 heteroatoms. The van der Waals surface area contributed by atoms with Crippen molar-refractivity contribution in [3.8, 4) is 0 Å². The quantitative estimate of drug-likeness (QED) is 0.149. The standard InChI is InChI=1S/C32H52N2O6/c1-7-10-11-16-21-39-30(38)26-25-28(36)34(19-14-12-13-15-20-35)27(32(25)22-23(4)31(26,6)40-32)29(37)33(18-9-3)24(5)17-8-2/h7,9,23-27,35H,1,3,8,10-22H2,2,4-6H3/t23?,24?,25-,26-,27?,31+,32?/m0/s1. The third-order valence-corrected chi connectivity index (χ3v) is 9.50. The van der Waals surface area contributed by atoms with E-state index in [2.05, 4.69) is 27.0 Å². The van der Waals surface area contributed by atoms with Crippen LogP contribution in [0.3, 0.4) is 0 Å². The number of carbonyl (C=O) groups excluding carboxylic acids is 3. The van der Waals surface area contributed by atoms with E-state index in [1.54, 1.807) is 11.0 Å². The van der Waals surface area contributed by atoms with Crippen molar-refractivity contribution in [3.63, 3.8) is 0 Å². The lowest BCUT2D eigenvalue weighted by molar-refractivity contribution is -0.162. The maximum atomic E-state index is 14.5. The third kappa shape index (κ3) is 6.03. The molecule has 1 spiro atoms. The van der Waals surface area contributed by atoms with Crippen LogP contribution in [0.2, 0.25) is 0 Å². The number of likely N-dealkylation sites (tertiary alicyclic amines) is 1. The number of rotatable bonds is 18. The van der Waals surface area contributed by atoms with Crippen LogP contribution in [0.4, 0.5) is 0 Å². The maximum absolute atomic E-state index is 14.5. The molecule has 0 aromatic heterocycles. The van der Waals surface area contributed by atoms with Gasteiger partial charge in [-0.3, -0.25) is 14.4 Å². The highest BCUT2D eigenvalue weighted by atomic mass is 16.6. The first-order valence-corrected chi connectivity index (χ1v) is 15.4. The van der Waals surface area contributed by atoms with Gasteiger partial charge >= 0.3 is 5.97 Å². The smallest absolute Gasteiger partial charge is 0.312 e. The SMILES string of the molecule is C=CCCCCOC(=O)[C@@H]1[C@H]2C(=O)N(CCCCCCO)C(C(=O)N(CC=C)C(C)CCC)C23CC(C)[C@@]1(C)O3. The molecule has 0 aromatic rings. The molecule has 0 saturated carbocycles. The van der Waals surface area contributed by atoms with Crippen LogP contribution in [-0.4, -0.2) is 82.3 Å². The molecule has 0 aromatic carbocycles. The summed E-state index contributed by atoms with van der Waals surface area (Å²) in [7, 11) is 0. The number of aliphatic hydroxyl groups is 1. The largest absolute Gasteiger partial charge is 0.465 e. The van der Waals surface area contributed by atoms with E-state index >= 15 is 0 Å². The zero-order valence-corrected chi connectivity index (χ0v) is 25.2. The number of ether oxygens (including phenoxy) is 2. The summed E-state index contributed by atoms with van der Waals surface area (Å²) in [6.07, 6.45) is 11.5. The van der Waals surface area contributed by atoms with Crippen LogP contribution in [0, 0.1) is 17.8 Å². The Balaban J connectivity index is 1.96. The van der Waals surface area contributed by atoms with Gasteiger partial charge in [0.2, 0.25) is 11.8 Å². The topological polar surface area (TPSA) is 96.4 Å². The van der Waals surface area contributed by atoms with Crippen LogP contribution in [0.15, 0.2) is 25.3 Å². The second-order valence-electron chi connectivity index (χ2n) is 12.2. The number of fused-ring (bicyclic) bond motifs is 1. The van der Waals surface area contributed by atoms with Crippen LogP contribution >= 0.6 is 0 Å². The van der Waals surface area contributed by atoms with Crippen LogP contribution < -0.4 is 0 Å². The van der Waals surface area contributed by atoms with Crippen molar-refractivity contribution in [1.29, 1.82) is 0 Å². The average molecular weight is 561 g/mol. The van der Waals surface area contributed by atoms with Gasteiger partial charge in [-0.2, -0.15) is 0 Å². The van der Waals surface area contributed by atoms with E-state index in [0.717, 1.165) is 51.4 Å². The number of aliphatic hydroxyl groups excluding tert-OH is 1. The van der Waals surface area contributed by atoms with Crippen LogP contribution in [0.5, 0.6) is 0 Å². The Morgan fingerprint density at radius 2 is 1.93 bits per heavy atom. The van der Waals surface area contributed by atoms with Gasteiger partial charge in [-0.1, -0.05) is 45.3 Å². The van der Waals surface area contributed by atoms with Gasteiger partial charge in [-0.25, -0.2) is 0 Å². The Morgan fingerprint density at radius 3 is 2.58 bits per heavy atom. The molecule has 3 aliphatic heterocycles. The highest BCUT2D eigenvalue weighted by Gasteiger charge is 2.80. The summed E-state index contributed by atoms with van der Waals surface area (Å²) in [6, 6.07) is -0.813. The fourth-order valence-electron chi connectivity index (χ4n) is 7.37. The molecule has 2 amide bonds.